The van der Waals surface area contributed by atoms with Crippen LogP contribution in [0.3, 0.4) is 0 Å². The van der Waals surface area contributed by atoms with Crippen LogP contribution in [0.25, 0.3) is 0 Å². The lowest BCUT2D eigenvalue weighted by Gasteiger charge is -2.23. The van der Waals surface area contributed by atoms with Gasteiger partial charge < -0.3 is 14.8 Å². The van der Waals surface area contributed by atoms with Crippen molar-refractivity contribution in [3.05, 3.63) is 52.6 Å². The van der Waals surface area contributed by atoms with Crippen LogP contribution in [0.2, 0.25) is 0 Å². The molecule has 0 saturated heterocycles. The highest BCUT2D eigenvalue weighted by molar-refractivity contribution is 6.31. The molecule has 6 nitrogen and oxygen atoms in total. The van der Waals surface area contributed by atoms with Crippen LogP contribution in [0, 0.1) is 0 Å². The first-order chi connectivity index (χ1) is 14.0. The van der Waals surface area contributed by atoms with Gasteiger partial charge in [0.25, 0.3) is 0 Å². The van der Waals surface area contributed by atoms with Crippen molar-refractivity contribution in [1.82, 2.24) is 0 Å². The second kappa shape index (κ2) is 9.09. The molecule has 2 aromatic carbocycles. The summed E-state index contributed by atoms with van der Waals surface area (Å²) in [6.45, 7) is 4.70. The molecule has 3 rings (SSSR count). The number of carbonyl (C=O) groups is 3. The highest BCUT2D eigenvalue weighted by Gasteiger charge is 2.35. The molecular formula is C22H22ClNO5. The Labute approximate surface area is 174 Å². The molecule has 1 N–H and O–H groups in total. The van der Waals surface area contributed by atoms with Crippen LogP contribution < -0.4 is 14.8 Å². The van der Waals surface area contributed by atoms with Crippen molar-refractivity contribution >= 4 is 34.8 Å². The van der Waals surface area contributed by atoms with E-state index in [1.165, 1.54) is 6.07 Å². The maximum Gasteiger partial charge on any atom is 0.239 e. The van der Waals surface area contributed by atoms with Crippen molar-refractivity contribution in [3.63, 3.8) is 0 Å². The molecule has 0 unspecified atom stereocenters. The van der Waals surface area contributed by atoms with Gasteiger partial charge in [0.1, 0.15) is 17.4 Å². The van der Waals surface area contributed by atoms with E-state index in [-0.39, 0.29) is 45.4 Å². The Morgan fingerprint density at radius 3 is 2.24 bits per heavy atom. The van der Waals surface area contributed by atoms with Gasteiger partial charge in [-0.25, -0.2) is 0 Å². The zero-order valence-corrected chi connectivity index (χ0v) is 17.1. The predicted octanol–water partition coefficient (Wildman–Crippen LogP) is 4.22. The number of hydrogen-bond acceptors (Lipinski definition) is 5. The third kappa shape index (κ3) is 4.12. The number of ether oxygens (including phenoxy) is 2. The summed E-state index contributed by atoms with van der Waals surface area (Å²) in [6.07, 6.45) is 1.49. The van der Waals surface area contributed by atoms with Crippen molar-refractivity contribution in [1.29, 1.82) is 0 Å². The van der Waals surface area contributed by atoms with Gasteiger partial charge in [0.05, 0.1) is 24.3 Å². The fourth-order valence-corrected chi connectivity index (χ4v) is 3.24. The standard InChI is InChI=1S/C22H22ClNO5/c1-3-8-28-16-7-5-6-14-19(16)22(27)20-15(21(14)26)10-13(24-18(25)12-23)11-17(20)29-9-4-2/h5-7,10-11H,3-4,8-9,12H2,1-2H3,(H,24,25). The fourth-order valence-electron chi connectivity index (χ4n) is 3.18. The normalized spacial score (nSPS) is 12.2. The van der Waals surface area contributed by atoms with E-state index in [2.05, 4.69) is 5.32 Å². The summed E-state index contributed by atoms with van der Waals surface area (Å²) in [5.41, 5.74) is 1.25. The van der Waals surface area contributed by atoms with Crippen molar-refractivity contribution < 1.29 is 23.9 Å². The van der Waals surface area contributed by atoms with Crippen LogP contribution in [0.1, 0.15) is 58.5 Å². The third-order valence-electron chi connectivity index (χ3n) is 4.40. The molecule has 2 aromatic rings. The minimum Gasteiger partial charge on any atom is -0.493 e. The molecular weight excluding hydrogens is 394 g/mol. The molecule has 7 heteroatoms. The van der Waals surface area contributed by atoms with Gasteiger partial charge in [-0.2, -0.15) is 0 Å². The maximum absolute atomic E-state index is 13.4. The van der Waals surface area contributed by atoms with Crippen molar-refractivity contribution in [2.45, 2.75) is 26.7 Å². The highest BCUT2D eigenvalue weighted by atomic mass is 35.5. The van der Waals surface area contributed by atoms with Gasteiger partial charge >= 0.3 is 0 Å². The van der Waals surface area contributed by atoms with Gasteiger partial charge in [0, 0.05) is 22.9 Å². The average Bonchev–Trinajstić information content (AvgIpc) is 2.73. The van der Waals surface area contributed by atoms with Gasteiger partial charge in [-0.15, -0.1) is 11.6 Å². The number of carbonyl (C=O) groups excluding carboxylic acids is 3. The van der Waals surface area contributed by atoms with E-state index in [0.717, 1.165) is 12.8 Å². The molecule has 0 atom stereocenters. The minimum absolute atomic E-state index is 0.187. The van der Waals surface area contributed by atoms with E-state index in [0.29, 0.717) is 24.7 Å². The van der Waals surface area contributed by atoms with Crippen LogP contribution in [-0.2, 0) is 4.79 Å². The van der Waals surface area contributed by atoms with Crippen molar-refractivity contribution in [2.75, 3.05) is 24.4 Å². The zero-order chi connectivity index (χ0) is 21.0. The summed E-state index contributed by atoms with van der Waals surface area (Å²) >= 11 is 5.57. The van der Waals surface area contributed by atoms with Crippen LogP contribution in [0.5, 0.6) is 11.5 Å². The SMILES string of the molecule is CCCOc1cccc2c1C(=O)c1c(OCCC)cc(NC(=O)CCl)cc1C2=O. The number of benzene rings is 2. The summed E-state index contributed by atoms with van der Waals surface area (Å²) in [4.78, 5) is 38.3. The lowest BCUT2D eigenvalue weighted by atomic mass is 9.82. The Bertz CT molecular complexity index is 970. The van der Waals surface area contributed by atoms with E-state index < -0.39 is 5.91 Å². The van der Waals surface area contributed by atoms with Gasteiger partial charge in [-0.3, -0.25) is 14.4 Å². The molecule has 0 aromatic heterocycles. The number of fused-ring (bicyclic) bond motifs is 2. The molecule has 0 radical (unpaired) electrons. The summed E-state index contributed by atoms with van der Waals surface area (Å²) < 4.78 is 11.5. The number of nitrogens with one attached hydrogen (secondary N) is 1. The summed E-state index contributed by atoms with van der Waals surface area (Å²) in [5.74, 6) is -0.658. The molecule has 0 heterocycles. The second-order valence-electron chi connectivity index (χ2n) is 6.61. The Kier molecular flexibility index (Phi) is 6.54. The molecule has 0 spiro atoms. The monoisotopic (exact) mass is 415 g/mol. The number of anilines is 1. The fraction of sp³-hybridized carbons (Fsp3) is 0.318. The first-order valence-electron chi connectivity index (χ1n) is 9.53. The topological polar surface area (TPSA) is 81.7 Å². The second-order valence-corrected chi connectivity index (χ2v) is 6.88. The molecule has 0 bridgehead atoms. The van der Waals surface area contributed by atoms with E-state index in [9.17, 15) is 14.4 Å². The highest BCUT2D eigenvalue weighted by Crippen LogP contribution is 2.39. The Morgan fingerprint density at radius 1 is 0.931 bits per heavy atom. The first-order valence-corrected chi connectivity index (χ1v) is 10.1. The Hall–Kier alpha value is -2.86. The summed E-state index contributed by atoms with van der Waals surface area (Å²) in [6, 6.07) is 8.01. The van der Waals surface area contributed by atoms with Crippen LogP contribution >= 0.6 is 11.6 Å². The smallest absolute Gasteiger partial charge is 0.239 e. The number of halogens is 1. The van der Waals surface area contributed by atoms with Crippen molar-refractivity contribution in [2.24, 2.45) is 0 Å². The third-order valence-corrected chi connectivity index (χ3v) is 4.64. The largest absolute Gasteiger partial charge is 0.493 e. The average molecular weight is 416 g/mol. The maximum atomic E-state index is 13.4. The predicted molar refractivity (Wildman–Crippen MR) is 111 cm³/mol. The van der Waals surface area contributed by atoms with Gasteiger partial charge in [-0.1, -0.05) is 26.0 Å². The lowest BCUT2D eigenvalue weighted by molar-refractivity contribution is -0.113. The van der Waals surface area contributed by atoms with E-state index in [1.54, 1.807) is 24.3 Å². The van der Waals surface area contributed by atoms with Crippen LogP contribution in [0.15, 0.2) is 30.3 Å². The van der Waals surface area contributed by atoms with Crippen LogP contribution in [-0.4, -0.2) is 36.6 Å². The number of alkyl halides is 1. The number of rotatable bonds is 8. The Balaban J connectivity index is 2.15. The molecule has 0 fully saturated rings. The minimum atomic E-state index is -0.418. The number of hydrogen-bond donors (Lipinski definition) is 1. The van der Waals surface area contributed by atoms with Crippen molar-refractivity contribution in [3.8, 4) is 11.5 Å². The number of ketones is 2. The molecule has 0 saturated carbocycles. The van der Waals surface area contributed by atoms with E-state index >= 15 is 0 Å². The summed E-state index contributed by atoms with van der Waals surface area (Å²) in [5, 5.41) is 2.62. The molecule has 1 aliphatic rings. The van der Waals surface area contributed by atoms with Gasteiger partial charge in [-0.05, 0) is 25.0 Å². The number of amides is 1. The first kappa shape index (κ1) is 20.9. The molecule has 29 heavy (non-hydrogen) atoms. The van der Waals surface area contributed by atoms with E-state index in [1.807, 2.05) is 13.8 Å². The molecule has 152 valence electrons. The summed E-state index contributed by atoms with van der Waals surface area (Å²) in [7, 11) is 0. The van der Waals surface area contributed by atoms with E-state index in [4.69, 9.17) is 21.1 Å². The van der Waals surface area contributed by atoms with Gasteiger partial charge in [0.2, 0.25) is 11.7 Å². The van der Waals surface area contributed by atoms with Crippen LogP contribution in [0.4, 0.5) is 5.69 Å². The molecule has 0 aliphatic heterocycles. The van der Waals surface area contributed by atoms with Gasteiger partial charge in [0.15, 0.2) is 5.78 Å². The molecule has 1 amide bonds. The lowest BCUT2D eigenvalue weighted by Crippen LogP contribution is -2.24. The Morgan fingerprint density at radius 2 is 1.59 bits per heavy atom. The molecule has 1 aliphatic carbocycles. The quantitative estimate of drug-likeness (QED) is 0.557. The zero-order valence-electron chi connectivity index (χ0n) is 16.3.